The first kappa shape index (κ1) is 15.6. The van der Waals surface area contributed by atoms with Crippen LogP contribution in [0.2, 0.25) is 0 Å². The van der Waals surface area contributed by atoms with E-state index in [1.54, 1.807) is 19.4 Å². The van der Waals surface area contributed by atoms with Gasteiger partial charge < -0.3 is 5.11 Å². The molecule has 0 aliphatic carbocycles. The third kappa shape index (κ3) is 2.77. The van der Waals surface area contributed by atoms with Gasteiger partial charge in [-0.2, -0.15) is 4.31 Å². The maximum atomic E-state index is 12.6. The van der Waals surface area contributed by atoms with Gasteiger partial charge in [0.15, 0.2) is 0 Å². The van der Waals surface area contributed by atoms with E-state index in [0.717, 1.165) is 0 Å². The molecule has 0 aliphatic heterocycles. The quantitative estimate of drug-likeness (QED) is 0.905. The van der Waals surface area contributed by atoms with E-state index in [1.165, 1.54) is 15.6 Å². The van der Waals surface area contributed by atoms with Crippen molar-refractivity contribution in [3.63, 3.8) is 0 Å². The molecule has 0 fully saturated rings. The van der Waals surface area contributed by atoms with Gasteiger partial charge in [-0.25, -0.2) is 8.42 Å². The fourth-order valence-corrected chi connectivity index (χ4v) is 4.83. The second kappa shape index (κ2) is 5.69. The van der Waals surface area contributed by atoms with Crippen molar-refractivity contribution in [3.05, 3.63) is 15.8 Å². The monoisotopic (exact) mass is 291 g/mol. The zero-order valence-electron chi connectivity index (χ0n) is 11.5. The van der Waals surface area contributed by atoms with E-state index in [2.05, 4.69) is 0 Å². The predicted octanol–water partition coefficient (Wildman–Crippen LogP) is 2.21. The molecule has 104 valence electrons. The standard InChI is InChI=1S/C12H21NO3S2/c1-8(2)10(4)13(5)18(15,16)12-9(3)7-17-11(12)6-14/h7-8,10,14H,6H2,1-5H3. The normalized spacial score (nSPS) is 14.4. The lowest BCUT2D eigenvalue weighted by Gasteiger charge is -2.27. The number of aryl methyl sites for hydroxylation is 1. The summed E-state index contributed by atoms with van der Waals surface area (Å²) in [6.45, 7) is 7.39. The van der Waals surface area contributed by atoms with Gasteiger partial charge in [-0.1, -0.05) is 13.8 Å². The number of rotatable bonds is 5. The van der Waals surface area contributed by atoms with E-state index in [1.807, 2.05) is 20.8 Å². The van der Waals surface area contributed by atoms with Gasteiger partial charge in [0, 0.05) is 13.1 Å². The Balaban J connectivity index is 3.25. The minimum atomic E-state index is -3.53. The molecule has 0 aliphatic rings. The molecule has 1 aromatic heterocycles. The predicted molar refractivity (Wildman–Crippen MR) is 74.2 cm³/mol. The summed E-state index contributed by atoms with van der Waals surface area (Å²) in [6, 6.07) is -0.0826. The van der Waals surface area contributed by atoms with Gasteiger partial charge in [0.1, 0.15) is 4.90 Å². The molecule has 0 radical (unpaired) electrons. The van der Waals surface area contributed by atoms with E-state index in [9.17, 15) is 13.5 Å². The van der Waals surface area contributed by atoms with Gasteiger partial charge in [0.05, 0.1) is 11.5 Å². The third-order valence-electron chi connectivity index (χ3n) is 3.31. The molecule has 4 nitrogen and oxygen atoms in total. The van der Waals surface area contributed by atoms with Crippen LogP contribution in [-0.4, -0.2) is 30.9 Å². The molecule has 0 bridgehead atoms. The molecule has 1 heterocycles. The Morgan fingerprint density at radius 3 is 2.39 bits per heavy atom. The molecule has 18 heavy (non-hydrogen) atoms. The molecule has 0 spiro atoms. The van der Waals surface area contributed by atoms with Gasteiger partial charge in [-0.15, -0.1) is 11.3 Å². The second-order valence-corrected chi connectivity index (χ2v) is 7.73. The summed E-state index contributed by atoms with van der Waals surface area (Å²) in [4.78, 5) is 0.778. The SMILES string of the molecule is Cc1csc(CO)c1S(=O)(=O)N(C)C(C)C(C)C. The van der Waals surface area contributed by atoms with E-state index >= 15 is 0 Å². The highest BCUT2D eigenvalue weighted by Gasteiger charge is 2.31. The highest BCUT2D eigenvalue weighted by Crippen LogP contribution is 2.30. The van der Waals surface area contributed by atoms with Crippen LogP contribution in [0.25, 0.3) is 0 Å². The van der Waals surface area contributed by atoms with Crippen LogP contribution >= 0.6 is 11.3 Å². The zero-order valence-corrected chi connectivity index (χ0v) is 13.1. The van der Waals surface area contributed by atoms with Crippen molar-refractivity contribution in [3.8, 4) is 0 Å². The van der Waals surface area contributed by atoms with Crippen LogP contribution in [0.3, 0.4) is 0 Å². The van der Waals surface area contributed by atoms with Crippen molar-refractivity contribution in [1.82, 2.24) is 4.31 Å². The lowest BCUT2D eigenvalue weighted by molar-refractivity contribution is 0.281. The molecule has 0 amide bonds. The van der Waals surface area contributed by atoms with Crippen LogP contribution in [-0.2, 0) is 16.6 Å². The van der Waals surface area contributed by atoms with E-state index in [4.69, 9.17) is 0 Å². The Hall–Kier alpha value is -0.430. The Bertz CT molecular complexity index is 505. The third-order valence-corrected chi connectivity index (χ3v) is 6.70. The van der Waals surface area contributed by atoms with Crippen LogP contribution < -0.4 is 0 Å². The highest BCUT2D eigenvalue weighted by atomic mass is 32.2. The van der Waals surface area contributed by atoms with Gasteiger partial charge in [-0.3, -0.25) is 0 Å². The fraction of sp³-hybridized carbons (Fsp3) is 0.667. The van der Waals surface area contributed by atoms with Gasteiger partial charge in [0.25, 0.3) is 0 Å². The number of thiophene rings is 1. The maximum absolute atomic E-state index is 12.6. The van der Waals surface area contributed by atoms with Crippen molar-refractivity contribution in [2.24, 2.45) is 5.92 Å². The number of hydrogen-bond acceptors (Lipinski definition) is 4. The first-order chi connectivity index (χ1) is 8.23. The molecule has 0 saturated heterocycles. The molecular weight excluding hydrogens is 270 g/mol. The lowest BCUT2D eigenvalue weighted by atomic mass is 10.1. The molecule has 1 aromatic rings. The highest BCUT2D eigenvalue weighted by molar-refractivity contribution is 7.89. The molecular formula is C12H21NO3S2. The van der Waals surface area contributed by atoms with Crippen molar-refractivity contribution in [2.45, 2.75) is 45.2 Å². The fourth-order valence-electron chi connectivity index (χ4n) is 1.73. The van der Waals surface area contributed by atoms with Crippen molar-refractivity contribution < 1.29 is 13.5 Å². The summed E-state index contributed by atoms with van der Waals surface area (Å²) >= 11 is 1.28. The Kier molecular flexibility index (Phi) is 4.94. The first-order valence-electron chi connectivity index (χ1n) is 5.89. The summed E-state index contributed by atoms with van der Waals surface area (Å²) in [5, 5.41) is 11.0. The van der Waals surface area contributed by atoms with Crippen LogP contribution in [0.5, 0.6) is 0 Å². The number of aliphatic hydroxyl groups is 1. The molecule has 0 saturated carbocycles. The van der Waals surface area contributed by atoms with Gasteiger partial charge in [0.2, 0.25) is 10.0 Å². The summed E-state index contributed by atoms with van der Waals surface area (Å²) in [5.41, 5.74) is 0.701. The average molecular weight is 291 g/mol. The lowest BCUT2D eigenvalue weighted by Crippen LogP contribution is -2.38. The maximum Gasteiger partial charge on any atom is 0.244 e. The number of hydrogen-bond donors (Lipinski definition) is 1. The summed E-state index contributed by atoms with van der Waals surface area (Å²) in [5.74, 6) is 0.237. The van der Waals surface area contributed by atoms with Crippen LogP contribution in [0.1, 0.15) is 31.2 Å². The number of nitrogens with zero attached hydrogens (tertiary/aromatic N) is 1. The van der Waals surface area contributed by atoms with E-state index < -0.39 is 10.0 Å². The topological polar surface area (TPSA) is 57.6 Å². The number of aliphatic hydroxyl groups excluding tert-OH is 1. The smallest absolute Gasteiger partial charge is 0.244 e. The molecule has 1 unspecified atom stereocenters. The molecule has 1 N–H and O–H groups in total. The van der Waals surface area contributed by atoms with Gasteiger partial charge >= 0.3 is 0 Å². The molecule has 1 rings (SSSR count). The molecule has 0 aromatic carbocycles. The first-order valence-corrected chi connectivity index (χ1v) is 8.21. The summed E-state index contributed by atoms with van der Waals surface area (Å²) in [6.07, 6.45) is 0. The minimum Gasteiger partial charge on any atom is -0.391 e. The average Bonchev–Trinajstić information content (AvgIpc) is 2.68. The second-order valence-electron chi connectivity index (χ2n) is 4.83. The summed E-state index contributed by atoms with van der Waals surface area (Å²) in [7, 11) is -1.93. The Morgan fingerprint density at radius 2 is 1.94 bits per heavy atom. The van der Waals surface area contributed by atoms with E-state index in [-0.39, 0.29) is 23.5 Å². The molecule has 6 heteroatoms. The number of sulfonamides is 1. The zero-order chi connectivity index (χ0) is 14.1. The van der Waals surface area contributed by atoms with Gasteiger partial charge in [-0.05, 0) is 30.7 Å². The summed E-state index contributed by atoms with van der Waals surface area (Å²) < 4.78 is 26.5. The van der Waals surface area contributed by atoms with E-state index in [0.29, 0.717) is 10.4 Å². The van der Waals surface area contributed by atoms with Crippen LogP contribution in [0.4, 0.5) is 0 Å². The largest absolute Gasteiger partial charge is 0.391 e. The molecule has 1 atom stereocenters. The Labute approximate surface area is 113 Å². The minimum absolute atomic E-state index is 0.0826. The van der Waals surface area contributed by atoms with Crippen molar-refractivity contribution in [2.75, 3.05) is 7.05 Å². The van der Waals surface area contributed by atoms with Crippen LogP contribution in [0, 0.1) is 12.8 Å². The Morgan fingerprint density at radius 1 is 1.39 bits per heavy atom. The van der Waals surface area contributed by atoms with Crippen molar-refractivity contribution >= 4 is 21.4 Å². The van der Waals surface area contributed by atoms with Crippen molar-refractivity contribution in [1.29, 1.82) is 0 Å². The van der Waals surface area contributed by atoms with Crippen LogP contribution in [0.15, 0.2) is 10.3 Å².